The fourth-order valence-corrected chi connectivity index (χ4v) is 1.92. The highest BCUT2D eigenvalue weighted by Gasteiger charge is 2.05. The van der Waals surface area contributed by atoms with Crippen molar-refractivity contribution < 1.29 is 14.3 Å². The molecule has 0 atom stereocenters. The number of anilines is 1. The van der Waals surface area contributed by atoms with Crippen molar-refractivity contribution in [2.24, 2.45) is 0 Å². The molecule has 0 aliphatic rings. The number of para-hydroxylation sites is 2. The SMILES string of the molecule is COc1ccccc1Oc1ccc(NC(=O)CCCl)cc1. The first-order chi connectivity index (χ1) is 10.2. The maximum Gasteiger partial charge on any atom is 0.225 e. The van der Waals surface area contributed by atoms with E-state index in [1.807, 2.05) is 24.3 Å². The molecule has 21 heavy (non-hydrogen) atoms. The van der Waals surface area contributed by atoms with Crippen molar-refractivity contribution in [3.8, 4) is 17.2 Å². The predicted molar refractivity (Wildman–Crippen MR) is 83.5 cm³/mol. The van der Waals surface area contributed by atoms with Crippen LogP contribution in [0.15, 0.2) is 48.5 Å². The quantitative estimate of drug-likeness (QED) is 0.819. The van der Waals surface area contributed by atoms with E-state index < -0.39 is 0 Å². The van der Waals surface area contributed by atoms with Gasteiger partial charge in [0, 0.05) is 18.0 Å². The van der Waals surface area contributed by atoms with Crippen LogP contribution in [0.3, 0.4) is 0 Å². The molecule has 2 aromatic carbocycles. The van der Waals surface area contributed by atoms with Gasteiger partial charge in [-0.3, -0.25) is 4.79 Å². The first-order valence-corrected chi connectivity index (χ1v) is 7.03. The summed E-state index contributed by atoms with van der Waals surface area (Å²) in [5, 5.41) is 2.75. The van der Waals surface area contributed by atoms with Crippen molar-refractivity contribution >= 4 is 23.2 Å². The second kappa shape index (κ2) is 7.55. The number of halogens is 1. The Balaban J connectivity index is 2.04. The number of ether oxygens (including phenoxy) is 2. The van der Waals surface area contributed by atoms with Crippen LogP contribution in [0.4, 0.5) is 5.69 Å². The van der Waals surface area contributed by atoms with Gasteiger partial charge in [0.2, 0.25) is 5.91 Å². The van der Waals surface area contributed by atoms with Crippen molar-refractivity contribution in [1.82, 2.24) is 0 Å². The van der Waals surface area contributed by atoms with E-state index in [-0.39, 0.29) is 5.91 Å². The molecule has 0 radical (unpaired) electrons. The second-order valence-electron chi connectivity index (χ2n) is 4.26. The predicted octanol–water partition coefficient (Wildman–Crippen LogP) is 4.05. The Morgan fingerprint density at radius 1 is 1.10 bits per heavy atom. The molecule has 5 heteroatoms. The molecule has 4 nitrogen and oxygen atoms in total. The number of benzene rings is 2. The van der Waals surface area contributed by atoms with Crippen LogP contribution >= 0.6 is 11.6 Å². The van der Waals surface area contributed by atoms with Gasteiger partial charge in [0.1, 0.15) is 5.75 Å². The first-order valence-electron chi connectivity index (χ1n) is 6.49. The third-order valence-corrected chi connectivity index (χ3v) is 2.95. The van der Waals surface area contributed by atoms with Gasteiger partial charge in [0.25, 0.3) is 0 Å². The number of carbonyl (C=O) groups is 1. The monoisotopic (exact) mass is 305 g/mol. The summed E-state index contributed by atoms with van der Waals surface area (Å²) in [4.78, 5) is 11.4. The number of amides is 1. The van der Waals surface area contributed by atoms with Crippen molar-refractivity contribution in [3.05, 3.63) is 48.5 Å². The summed E-state index contributed by atoms with van der Waals surface area (Å²) in [6, 6.07) is 14.5. The molecule has 1 amide bonds. The van der Waals surface area contributed by atoms with Crippen LogP contribution in [0.1, 0.15) is 6.42 Å². The Kier molecular flexibility index (Phi) is 5.46. The fraction of sp³-hybridized carbons (Fsp3) is 0.188. The minimum atomic E-state index is -0.108. The number of nitrogens with one attached hydrogen (secondary N) is 1. The number of alkyl halides is 1. The van der Waals surface area contributed by atoms with Crippen molar-refractivity contribution in [3.63, 3.8) is 0 Å². The molecule has 0 aromatic heterocycles. The van der Waals surface area contributed by atoms with Crippen LogP contribution < -0.4 is 14.8 Å². The fourth-order valence-electron chi connectivity index (χ4n) is 1.75. The van der Waals surface area contributed by atoms with E-state index in [9.17, 15) is 4.79 Å². The Labute approximate surface area is 128 Å². The van der Waals surface area contributed by atoms with Crippen LogP contribution in [0.2, 0.25) is 0 Å². The minimum absolute atomic E-state index is 0.108. The lowest BCUT2D eigenvalue weighted by Crippen LogP contribution is -2.11. The zero-order chi connectivity index (χ0) is 15.1. The standard InChI is InChI=1S/C16H16ClNO3/c1-20-14-4-2-3-5-15(14)21-13-8-6-12(7-9-13)18-16(19)10-11-17/h2-9H,10-11H2,1H3,(H,18,19). The zero-order valence-corrected chi connectivity index (χ0v) is 12.4. The number of methoxy groups -OCH3 is 1. The summed E-state index contributed by atoms with van der Waals surface area (Å²) in [6.07, 6.45) is 0.293. The Hall–Kier alpha value is -2.20. The van der Waals surface area contributed by atoms with E-state index in [1.165, 1.54) is 0 Å². The molecule has 1 N–H and O–H groups in total. The lowest BCUT2D eigenvalue weighted by molar-refractivity contribution is -0.115. The van der Waals surface area contributed by atoms with Gasteiger partial charge in [-0.25, -0.2) is 0 Å². The lowest BCUT2D eigenvalue weighted by atomic mass is 10.3. The molecule has 2 aromatic rings. The summed E-state index contributed by atoms with van der Waals surface area (Å²) in [6.45, 7) is 0. The second-order valence-corrected chi connectivity index (χ2v) is 4.64. The number of carbonyl (C=O) groups excluding carboxylic acids is 1. The summed E-state index contributed by atoms with van der Waals surface area (Å²) in [7, 11) is 1.59. The molecule has 0 aliphatic carbocycles. The zero-order valence-electron chi connectivity index (χ0n) is 11.6. The van der Waals surface area contributed by atoms with E-state index in [0.29, 0.717) is 35.2 Å². The minimum Gasteiger partial charge on any atom is -0.493 e. The van der Waals surface area contributed by atoms with Gasteiger partial charge in [-0.05, 0) is 36.4 Å². The van der Waals surface area contributed by atoms with Gasteiger partial charge in [-0.1, -0.05) is 12.1 Å². The molecule has 0 fully saturated rings. The Bertz CT molecular complexity index is 599. The highest BCUT2D eigenvalue weighted by molar-refractivity contribution is 6.19. The average Bonchev–Trinajstić information content (AvgIpc) is 2.50. The molecule has 0 saturated heterocycles. The van der Waals surface area contributed by atoms with Gasteiger partial charge >= 0.3 is 0 Å². The molecule has 0 saturated carbocycles. The van der Waals surface area contributed by atoms with E-state index in [4.69, 9.17) is 21.1 Å². The molecule has 0 bridgehead atoms. The molecule has 110 valence electrons. The Morgan fingerprint density at radius 3 is 2.38 bits per heavy atom. The largest absolute Gasteiger partial charge is 0.493 e. The molecule has 0 heterocycles. The van der Waals surface area contributed by atoms with Gasteiger partial charge < -0.3 is 14.8 Å². The number of rotatable bonds is 6. The molecule has 0 spiro atoms. The lowest BCUT2D eigenvalue weighted by Gasteiger charge is -2.10. The van der Waals surface area contributed by atoms with E-state index in [2.05, 4.69) is 5.32 Å². The van der Waals surface area contributed by atoms with Crippen molar-refractivity contribution in [2.75, 3.05) is 18.3 Å². The summed E-state index contributed by atoms with van der Waals surface area (Å²) in [5.74, 6) is 2.16. The van der Waals surface area contributed by atoms with Crippen LogP contribution in [0, 0.1) is 0 Å². The highest BCUT2D eigenvalue weighted by atomic mass is 35.5. The third-order valence-electron chi connectivity index (χ3n) is 2.76. The van der Waals surface area contributed by atoms with Crippen LogP contribution in [-0.2, 0) is 4.79 Å². The normalized spacial score (nSPS) is 10.0. The highest BCUT2D eigenvalue weighted by Crippen LogP contribution is 2.31. The smallest absolute Gasteiger partial charge is 0.225 e. The molecule has 0 unspecified atom stereocenters. The van der Waals surface area contributed by atoms with Crippen LogP contribution in [0.5, 0.6) is 17.2 Å². The number of hydrogen-bond acceptors (Lipinski definition) is 3. The molecular weight excluding hydrogens is 290 g/mol. The molecular formula is C16H16ClNO3. The van der Waals surface area contributed by atoms with Crippen molar-refractivity contribution in [1.29, 1.82) is 0 Å². The van der Waals surface area contributed by atoms with Gasteiger partial charge in [0.15, 0.2) is 11.5 Å². The molecule has 0 aliphatic heterocycles. The Morgan fingerprint density at radius 2 is 1.76 bits per heavy atom. The van der Waals surface area contributed by atoms with E-state index >= 15 is 0 Å². The summed E-state index contributed by atoms with van der Waals surface area (Å²) < 4.78 is 11.0. The maximum absolute atomic E-state index is 11.4. The van der Waals surface area contributed by atoms with Gasteiger partial charge in [0.05, 0.1) is 7.11 Å². The van der Waals surface area contributed by atoms with E-state index in [1.54, 1.807) is 31.4 Å². The average molecular weight is 306 g/mol. The van der Waals surface area contributed by atoms with Gasteiger partial charge in [-0.15, -0.1) is 11.6 Å². The topological polar surface area (TPSA) is 47.6 Å². The third kappa shape index (κ3) is 4.39. The van der Waals surface area contributed by atoms with Crippen LogP contribution in [-0.4, -0.2) is 18.9 Å². The number of hydrogen-bond donors (Lipinski definition) is 1. The van der Waals surface area contributed by atoms with Crippen LogP contribution in [0.25, 0.3) is 0 Å². The summed E-state index contributed by atoms with van der Waals surface area (Å²) >= 11 is 5.51. The summed E-state index contributed by atoms with van der Waals surface area (Å²) in [5.41, 5.74) is 0.706. The van der Waals surface area contributed by atoms with Crippen molar-refractivity contribution in [2.45, 2.75) is 6.42 Å². The maximum atomic E-state index is 11.4. The molecule has 2 rings (SSSR count). The van der Waals surface area contributed by atoms with Gasteiger partial charge in [-0.2, -0.15) is 0 Å². The first kappa shape index (κ1) is 15.2. The van der Waals surface area contributed by atoms with E-state index in [0.717, 1.165) is 0 Å².